The predicted molar refractivity (Wildman–Crippen MR) is 95.1 cm³/mol. The van der Waals surface area contributed by atoms with Crippen molar-refractivity contribution in [2.45, 2.75) is 33.1 Å². The van der Waals surface area contributed by atoms with Crippen molar-refractivity contribution in [3.05, 3.63) is 32.6 Å². The molecule has 0 radical (unpaired) electrons. The minimum Gasteiger partial charge on any atom is -0.348 e. The molecular formula is C16H21N5O2S. The number of thiazole rings is 1. The highest BCUT2D eigenvalue weighted by atomic mass is 32.1. The van der Waals surface area contributed by atoms with Gasteiger partial charge in [-0.2, -0.15) is 5.10 Å². The van der Waals surface area contributed by atoms with Gasteiger partial charge in [-0.25, -0.2) is 9.67 Å². The van der Waals surface area contributed by atoms with Crippen LogP contribution in [0.4, 0.5) is 10.9 Å². The Kier molecular flexibility index (Phi) is 4.66. The molecule has 1 N–H and O–H groups in total. The molecule has 0 spiro atoms. The number of hydrogen-bond acceptors (Lipinski definition) is 6. The SMILES string of the molecule is Cc1nn(C)c(=O)c(C(=O)Nc2csc(N3CCCCC3)n2)c1C. The lowest BCUT2D eigenvalue weighted by Gasteiger charge is -2.25. The van der Waals surface area contributed by atoms with Crippen LogP contribution in [0.5, 0.6) is 0 Å². The number of hydrogen-bond donors (Lipinski definition) is 1. The van der Waals surface area contributed by atoms with Crippen molar-refractivity contribution >= 4 is 28.2 Å². The molecule has 1 aliphatic heterocycles. The molecule has 0 bridgehead atoms. The maximum absolute atomic E-state index is 12.5. The standard InChI is InChI=1S/C16H21N5O2S/c1-10-11(2)19-20(3)15(23)13(10)14(22)17-12-9-24-16(18-12)21-7-5-4-6-8-21/h9H,4-8H2,1-3H3,(H,17,22). The first-order valence-corrected chi connectivity index (χ1v) is 8.91. The summed E-state index contributed by atoms with van der Waals surface area (Å²) in [5.41, 5.74) is 0.983. The third-order valence-electron chi connectivity index (χ3n) is 4.31. The minimum absolute atomic E-state index is 0.123. The first kappa shape index (κ1) is 16.6. The Morgan fingerprint density at radius 2 is 1.96 bits per heavy atom. The summed E-state index contributed by atoms with van der Waals surface area (Å²) in [5.74, 6) is 0.0515. The van der Waals surface area contributed by atoms with Crippen LogP contribution < -0.4 is 15.8 Å². The molecule has 128 valence electrons. The molecule has 1 aliphatic rings. The molecule has 1 saturated heterocycles. The third kappa shape index (κ3) is 3.19. The fourth-order valence-corrected chi connectivity index (χ4v) is 3.66. The molecule has 0 atom stereocenters. The van der Waals surface area contributed by atoms with Crippen LogP contribution in [-0.4, -0.2) is 33.8 Å². The van der Waals surface area contributed by atoms with E-state index in [0.717, 1.165) is 18.2 Å². The number of anilines is 2. The van der Waals surface area contributed by atoms with Gasteiger partial charge in [0.1, 0.15) is 11.4 Å². The Morgan fingerprint density at radius 1 is 1.25 bits per heavy atom. The van der Waals surface area contributed by atoms with Crippen LogP contribution in [0.2, 0.25) is 0 Å². The van der Waals surface area contributed by atoms with E-state index in [-0.39, 0.29) is 5.56 Å². The molecule has 3 heterocycles. The fraction of sp³-hybridized carbons (Fsp3) is 0.500. The summed E-state index contributed by atoms with van der Waals surface area (Å²) in [4.78, 5) is 31.5. The first-order valence-electron chi connectivity index (χ1n) is 8.03. The molecule has 7 nitrogen and oxygen atoms in total. The number of piperidine rings is 1. The van der Waals surface area contributed by atoms with Gasteiger partial charge in [0.15, 0.2) is 5.13 Å². The van der Waals surface area contributed by atoms with E-state index in [4.69, 9.17) is 0 Å². The summed E-state index contributed by atoms with van der Waals surface area (Å²) in [6, 6.07) is 0. The lowest BCUT2D eigenvalue weighted by atomic mass is 10.1. The summed E-state index contributed by atoms with van der Waals surface area (Å²) in [5, 5.41) is 9.57. The van der Waals surface area contributed by atoms with Crippen molar-refractivity contribution in [1.29, 1.82) is 0 Å². The summed E-state index contributed by atoms with van der Waals surface area (Å²) in [6.45, 7) is 5.52. The highest BCUT2D eigenvalue weighted by molar-refractivity contribution is 7.14. The average molecular weight is 347 g/mol. The average Bonchev–Trinajstić information content (AvgIpc) is 3.02. The highest BCUT2D eigenvalue weighted by Crippen LogP contribution is 2.26. The molecule has 24 heavy (non-hydrogen) atoms. The van der Waals surface area contributed by atoms with Crippen LogP contribution in [-0.2, 0) is 7.05 Å². The van der Waals surface area contributed by atoms with Crippen molar-refractivity contribution in [2.75, 3.05) is 23.3 Å². The summed E-state index contributed by atoms with van der Waals surface area (Å²) in [7, 11) is 1.54. The van der Waals surface area contributed by atoms with Crippen molar-refractivity contribution in [3.8, 4) is 0 Å². The quantitative estimate of drug-likeness (QED) is 0.920. The van der Waals surface area contributed by atoms with Crippen LogP contribution in [0.15, 0.2) is 10.2 Å². The largest absolute Gasteiger partial charge is 0.348 e. The van der Waals surface area contributed by atoms with E-state index in [1.807, 2.05) is 5.38 Å². The van der Waals surface area contributed by atoms with Crippen molar-refractivity contribution in [2.24, 2.45) is 7.05 Å². The lowest BCUT2D eigenvalue weighted by molar-refractivity contribution is 0.102. The van der Waals surface area contributed by atoms with Gasteiger partial charge in [-0.3, -0.25) is 9.59 Å². The molecule has 0 aromatic carbocycles. The van der Waals surface area contributed by atoms with Crippen molar-refractivity contribution in [3.63, 3.8) is 0 Å². The molecular weight excluding hydrogens is 326 g/mol. The van der Waals surface area contributed by atoms with Crippen molar-refractivity contribution < 1.29 is 4.79 Å². The zero-order valence-electron chi connectivity index (χ0n) is 14.1. The molecule has 0 saturated carbocycles. The highest BCUT2D eigenvalue weighted by Gasteiger charge is 2.20. The van der Waals surface area contributed by atoms with E-state index in [1.54, 1.807) is 20.9 Å². The maximum atomic E-state index is 12.5. The van der Waals surface area contributed by atoms with Crippen molar-refractivity contribution in [1.82, 2.24) is 14.8 Å². The Balaban J connectivity index is 1.81. The van der Waals surface area contributed by atoms with Gasteiger partial charge in [0.25, 0.3) is 11.5 Å². The van der Waals surface area contributed by atoms with E-state index in [1.165, 1.54) is 35.3 Å². The monoisotopic (exact) mass is 347 g/mol. The van der Waals surface area contributed by atoms with Gasteiger partial charge in [-0.15, -0.1) is 11.3 Å². The van der Waals surface area contributed by atoms with E-state index >= 15 is 0 Å². The number of nitrogens with one attached hydrogen (secondary N) is 1. The Bertz CT molecular complexity index is 820. The second kappa shape index (κ2) is 6.72. The van der Waals surface area contributed by atoms with Gasteiger partial charge in [-0.1, -0.05) is 0 Å². The van der Waals surface area contributed by atoms with Gasteiger partial charge in [0.05, 0.1) is 5.69 Å². The molecule has 3 rings (SSSR count). The summed E-state index contributed by atoms with van der Waals surface area (Å²) in [6.07, 6.45) is 3.61. The molecule has 2 aromatic rings. The van der Waals surface area contributed by atoms with E-state index in [9.17, 15) is 9.59 Å². The zero-order chi connectivity index (χ0) is 17.3. The smallest absolute Gasteiger partial charge is 0.279 e. The third-order valence-corrected chi connectivity index (χ3v) is 5.21. The number of aromatic nitrogens is 3. The number of rotatable bonds is 3. The predicted octanol–water partition coefficient (Wildman–Crippen LogP) is 2.10. The number of carbonyl (C=O) groups is 1. The van der Waals surface area contributed by atoms with Crippen LogP contribution >= 0.6 is 11.3 Å². The van der Waals surface area contributed by atoms with Gasteiger partial charge >= 0.3 is 0 Å². The van der Waals surface area contributed by atoms with Gasteiger partial charge < -0.3 is 10.2 Å². The van der Waals surface area contributed by atoms with Crippen LogP contribution in [0.25, 0.3) is 0 Å². The number of aryl methyl sites for hydroxylation is 2. The first-order chi connectivity index (χ1) is 11.5. The fourth-order valence-electron chi connectivity index (χ4n) is 2.85. The van der Waals surface area contributed by atoms with E-state index < -0.39 is 11.5 Å². The normalized spacial score (nSPS) is 14.7. The van der Waals surface area contributed by atoms with E-state index in [0.29, 0.717) is 17.1 Å². The van der Waals surface area contributed by atoms with E-state index in [2.05, 4.69) is 20.3 Å². The molecule has 1 fully saturated rings. The Labute approximate surface area is 144 Å². The second-order valence-electron chi connectivity index (χ2n) is 6.03. The number of amides is 1. The van der Waals surface area contributed by atoms with Crippen LogP contribution in [0, 0.1) is 13.8 Å². The second-order valence-corrected chi connectivity index (χ2v) is 6.87. The van der Waals surface area contributed by atoms with Crippen LogP contribution in [0.3, 0.4) is 0 Å². The molecule has 8 heteroatoms. The minimum atomic E-state index is -0.436. The maximum Gasteiger partial charge on any atom is 0.279 e. The summed E-state index contributed by atoms with van der Waals surface area (Å²) >= 11 is 1.51. The lowest BCUT2D eigenvalue weighted by Crippen LogP contribution is -2.31. The zero-order valence-corrected chi connectivity index (χ0v) is 14.9. The van der Waals surface area contributed by atoms with Gasteiger partial charge in [0.2, 0.25) is 0 Å². The van der Waals surface area contributed by atoms with Crippen LogP contribution in [0.1, 0.15) is 40.9 Å². The molecule has 0 unspecified atom stereocenters. The molecule has 0 aliphatic carbocycles. The number of carbonyl (C=O) groups excluding carboxylic acids is 1. The molecule has 2 aromatic heterocycles. The summed E-state index contributed by atoms with van der Waals surface area (Å²) < 4.78 is 1.19. The van der Waals surface area contributed by atoms with Gasteiger partial charge in [0, 0.05) is 25.5 Å². The molecule has 1 amide bonds. The number of nitrogens with zero attached hydrogens (tertiary/aromatic N) is 4. The Morgan fingerprint density at radius 3 is 2.67 bits per heavy atom. The van der Waals surface area contributed by atoms with Gasteiger partial charge in [-0.05, 0) is 38.7 Å². The Hall–Kier alpha value is -2.22. The topological polar surface area (TPSA) is 80.1 Å².